The molecule has 0 unspecified atom stereocenters. The number of hydrogen-bond donors (Lipinski definition) is 0. The Kier molecular flexibility index (Phi) is 7.44. The SMILES string of the molecule is O=C(CCCl)OC1CCC(OC(=O)CCCl)CC1. The highest BCUT2D eigenvalue weighted by Crippen LogP contribution is 2.24. The number of carbonyl (C=O) groups is 2. The second-order valence-corrected chi connectivity index (χ2v) is 5.01. The molecule has 18 heavy (non-hydrogen) atoms. The first-order valence-electron chi connectivity index (χ1n) is 6.16. The first kappa shape index (κ1) is 15.6. The van der Waals surface area contributed by atoms with Gasteiger partial charge in [0, 0.05) is 11.8 Å². The number of carbonyl (C=O) groups excluding carboxylic acids is 2. The molecule has 0 radical (unpaired) electrons. The molecule has 1 aliphatic carbocycles. The van der Waals surface area contributed by atoms with Crippen molar-refractivity contribution in [2.45, 2.75) is 50.7 Å². The quantitative estimate of drug-likeness (QED) is 0.558. The van der Waals surface area contributed by atoms with Crippen molar-refractivity contribution in [2.75, 3.05) is 11.8 Å². The van der Waals surface area contributed by atoms with Crippen LogP contribution in [-0.4, -0.2) is 35.9 Å². The molecule has 0 aliphatic heterocycles. The van der Waals surface area contributed by atoms with E-state index in [1.807, 2.05) is 0 Å². The standard InChI is InChI=1S/C12H18Cl2O4/c13-7-5-11(15)17-9-1-2-10(4-3-9)18-12(16)6-8-14/h9-10H,1-8H2. The predicted molar refractivity (Wildman–Crippen MR) is 68.9 cm³/mol. The minimum atomic E-state index is -0.257. The fraction of sp³-hybridized carbons (Fsp3) is 0.833. The fourth-order valence-corrected chi connectivity index (χ4v) is 2.22. The summed E-state index contributed by atoms with van der Waals surface area (Å²) in [4.78, 5) is 22.5. The Labute approximate surface area is 117 Å². The van der Waals surface area contributed by atoms with Gasteiger partial charge in [-0.25, -0.2) is 0 Å². The Morgan fingerprint density at radius 1 is 0.833 bits per heavy atom. The van der Waals surface area contributed by atoms with Crippen molar-refractivity contribution >= 4 is 35.1 Å². The van der Waals surface area contributed by atoms with Crippen LogP contribution in [0.15, 0.2) is 0 Å². The maximum absolute atomic E-state index is 11.2. The Morgan fingerprint density at radius 3 is 1.44 bits per heavy atom. The summed E-state index contributed by atoms with van der Waals surface area (Å²) in [6.07, 6.45) is 3.27. The Bertz CT molecular complexity index is 247. The van der Waals surface area contributed by atoms with Crippen molar-refractivity contribution < 1.29 is 19.1 Å². The molecule has 0 heterocycles. The molecule has 1 saturated carbocycles. The van der Waals surface area contributed by atoms with E-state index in [0.29, 0.717) is 0 Å². The van der Waals surface area contributed by atoms with Crippen molar-refractivity contribution in [1.82, 2.24) is 0 Å². The normalized spacial score (nSPS) is 23.4. The molecule has 0 spiro atoms. The largest absolute Gasteiger partial charge is 0.462 e. The van der Waals surface area contributed by atoms with E-state index in [-0.39, 0.29) is 48.7 Å². The predicted octanol–water partition coefficient (Wildman–Crippen LogP) is 2.64. The molecule has 104 valence electrons. The average molecular weight is 297 g/mol. The van der Waals surface area contributed by atoms with E-state index in [4.69, 9.17) is 32.7 Å². The molecule has 0 bridgehead atoms. The summed E-state index contributed by atoms with van der Waals surface area (Å²) >= 11 is 10.9. The second kappa shape index (κ2) is 8.59. The van der Waals surface area contributed by atoms with Crippen LogP contribution in [0.2, 0.25) is 0 Å². The number of esters is 2. The van der Waals surface area contributed by atoms with Gasteiger partial charge in [-0.3, -0.25) is 9.59 Å². The third-order valence-electron chi connectivity index (χ3n) is 2.81. The molecule has 0 aromatic heterocycles. The molecule has 0 atom stereocenters. The van der Waals surface area contributed by atoms with Gasteiger partial charge in [0.1, 0.15) is 12.2 Å². The third kappa shape index (κ3) is 5.91. The molecular weight excluding hydrogens is 279 g/mol. The highest BCUT2D eigenvalue weighted by Gasteiger charge is 2.25. The maximum Gasteiger partial charge on any atom is 0.307 e. The topological polar surface area (TPSA) is 52.6 Å². The molecule has 1 fully saturated rings. The minimum absolute atomic E-state index is 0.0660. The summed E-state index contributed by atoms with van der Waals surface area (Å²) in [5.41, 5.74) is 0. The van der Waals surface area contributed by atoms with Crippen molar-refractivity contribution in [3.05, 3.63) is 0 Å². The summed E-state index contributed by atoms with van der Waals surface area (Å²) in [5.74, 6) is 0.0502. The van der Waals surface area contributed by atoms with Gasteiger partial charge in [-0.05, 0) is 25.7 Å². The molecule has 6 heteroatoms. The van der Waals surface area contributed by atoms with E-state index in [2.05, 4.69) is 0 Å². The summed E-state index contributed by atoms with van der Waals surface area (Å²) in [7, 11) is 0. The van der Waals surface area contributed by atoms with Gasteiger partial charge in [-0.2, -0.15) is 0 Å². The van der Waals surface area contributed by atoms with E-state index in [9.17, 15) is 9.59 Å². The van der Waals surface area contributed by atoms with Crippen LogP contribution in [0.25, 0.3) is 0 Å². The van der Waals surface area contributed by atoms with Crippen LogP contribution >= 0.6 is 23.2 Å². The monoisotopic (exact) mass is 296 g/mol. The Balaban J connectivity index is 2.20. The van der Waals surface area contributed by atoms with E-state index < -0.39 is 0 Å². The zero-order valence-electron chi connectivity index (χ0n) is 10.2. The molecule has 0 aromatic rings. The van der Waals surface area contributed by atoms with Crippen LogP contribution in [0, 0.1) is 0 Å². The zero-order chi connectivity index (χ0) is 13.4. The van der Waals surface area contributed by atoms with Crippen LogP contribution in [0.5, 0.6) is 0 Å². The van der Waals surface area contributed by atoms with E-state index >= 15 is 0 Å². The van der Waals surface area contributed by atoms with Crippen LogP contribution in [-0.2, 0) is 19.1 Å². The molecular formula is C12H18Cl2O4. The summed E-state index contributed by atoms with van der Waals surface area (Å²) in [5, 5.41) is 0. The van der Waals surface area contributed by atoms with Crippen LogP contribution < -0.4 is 0 Å². The van der Waals surface area contributed by atoms with Crippen molar-refractivity contribution in [3.63, 3.8) is 0 Å². The summed E-state index contributed by atoms with van der Waals surface area (Å²) < 4.78 is 10.5. The highest BCUT2D eigenvalue weighted by atomic mass is 35.5. The lowest BCUT2D eigenvalue weighted by Gasteiger charge is -2.28. The van der Waals surface area contributed by atoms with Gasteiger partial charge >= 0.3 is 11.9 Å². The summed E-state index contributed by atoms with van der Waals surface area (Å²) in [6, 6.07) is 0. The van der Waals surface area contributed by atoms with Gasteiger partial charge in [0.25, 0.3) is 0 Å². The number of hydrogen-bond acceptors (Lipinski definition) is 4. The third-order valence-corrected chi connectivity index (χ3v) is 3.19. The lowest BCUT2D eigenvalue weighted by atomic mass is 9.95. The van der Waals surface area contributed by atoms with Crippen LogP contribution in [0.4, 0.5) is 0 Å². The lowest BCUT2D eigenvalue weighted by molar-refractivity contribution is -0.157. The van der Waals surface area contributed by atoms with E-state index in [1.54, 1.807) is 0 Å². The number of rotatable bonds is 6. The Hall–Kier alpha value is -0.480. The van der Waals surface area contributed by atoms with Gasteiger partial charge < -0.3 is 9.47 Å². The molecule has 0 saturated heterocycles. The smallest absolute Gasteiger partial charge is 0.307 e. The van der Waals surface area contributed by atoms with Crippen molar-refractivity contribution in [1.29, 1.82) is 0 Å². The van der Waals surface area contributed by atoms with Crippen molar-refractivity contribution in [2.24, 2.45) is 0 Å². The molecule has 1 aliphatic rings. The molecule has 0 N–H and O–H groups in total. The van der Waals surface area contributed by atoms with Gasteiger partial charge in [-0.1, -0.05) is 0 Å². The molecule has 1 rings (SSSR count). The Morgan fingerprint density at radius 2 is 1.17 bits per heavy atom. The minimum Gasteiger partial charge on any atom is -0.462 e. The van der Waals surface area contributed by atoms with E-state index in [0.717, 1.165) is 25.7 Å². The van der Waals surface area contributed by atoms with Gasteiger partial charge in [0.05, 0.1) is 12.8 Å². The fourth-order valence-electron chi connectivity index (χ4n) is 1.91. The van der Waals surface area contributed by atoms with Crippen LogP contribution in [0.3, 0.4) is 0 Å². The average Bonchev–Trinajstić information content (AvgIpc) is 2.32. The maximum atomic E-state index is 11.2. The highest BCUT2D eigenvalue weighted by molar-refractivity contribution is 6.19. The number of alkyl halides is 2. The number of ether oxygens (including phenoxy) is 2. The molecule has 0 amide bonds. The molecule has 4 nitrogen and oxygen atoms in total. The van der Waals surface area contributed by atoms with Gasteiger partial charge in [0.2, 0.25) is 0 Å². The van der Waals surface area contributed by atoms with Crippen molar-refractivity contribution in [3.8, 4) is 0 Å². The first-order chi connectivity index (χ1) is 8.65. The second-order valence-electron chi connectivity index (χ2n) is 4.26. The lowest BCUT2D eigenvalue weighted by Crippen LogP contribution is -2.29. The number of halogens is 2. The summed E-state index contributed by atoms with van der Waals surface area (Å²) in [6.45, 7) is 0. The molecule has 0 aromatic carbocycles. The first-order valence-corrected chi connectivity index (χ1v) is 7.23. The van der Waals surface area contributed by atoms with E-state index in [1.165, 1.54) is 0 Å². The van der Waals surface area contributed by atoms with Gasteiger partial charge in [0.15, 0.2) is 0 Å². The zero-order valence-corrected chi connectivity index (χ0v) is 11.7. The van der Waals surface area contributed by atoms with Crippen LogP contribution in [0.1, 0.15) is 38.5 Å². The van der Waals surface area contributed by atoms with Gasteiger partial charge in [-0.15, -0.1) is 23.2 Å².